The van der Waals surface area contributed by atoms with Gasteiger partial charge in [0.25, 0.3) is 0 Å². The van der Waals surface area contributed by atoms with Gasteiger partial charge in [-0.2, -0.15) is 5.10 Å². The van der Waals surface area contributed by atoms with Crippen LogP contribution in [0.4, 0.5) is 4.39 Å². The molecule has 12 heteroatoms. The summed E-state index contributed by atoms with van der Waals surface area (Å²) < 4.78 is 30.7. The van der Waals surface area contributed by atoms with Crippen LogP contribution in [0.5, 0.6) is 11.5 Å². The van der Waals surface area contributed by atoms with Gasteiger partial charge in [0.1, 0.15) is 11.4 Å². The highest BCUT2D eigenvalue weighted by atomic mass is 19.1. The highest BCUT2D eigenvalue weighted by Crippen LogP contribution is 2.40. The van der Waals surface area contributed by atoms with Crippen LogP contribution in [0.25, 0.3) is 22.4 Å². The number of hydrogen-bond donors (Lipinski definition) is 1. The van der Waals surface area contributed by atoms with Crippen LogP contribution in [-0.2, 0) is 40.4 Å². The van der Waals surface area contributed by atoms with E-state index in [4.69, 9.17) is 19.6 Å². The second-order valence-corrected chi connectivity index (χ2v) is 14.5. The fourth-order valence-electron chi connectivity index (χ4n) is 7.13. The molecular weight excluding hydrogens is 647 g/mol. The number of methoxy groups -OCH3 is 1. The lowest BCUT2D eigenvalue weighted by molar-refractivity contribution is -0.144. The summed E-state index contributed by atoms with van der Waals surface area (Å²) in [7, 11) is 3.27. The first-order chi connectivity index (χ1) is 24.4. The summed E-state index contributed by atoms with van der Waals surface area (Å²) in [6.07, 6.45) is 9.44. The number of fused-ring (bicyclic) bond motifs is 10. The van der Waals surface area contributed by atoms with Gasteiger partial charge in [-0.15, -0.1) is 5.10 Å². The van der Waals surface area contributed by atoms with Crippen LogP contribution < -0.4 is 4.74 Å². The topological polar surface area (TPSA) is 126 Å². The number of nitrogens with zero attached hydrogens (tertiary/aromatic N) is 7. The molecule has 0 aliphatic carbocycles. The third kappa shape index (κ3) is 6.62. The average molecular weight is 691 g/mol. The number of nitrogens with one attached hydrogen (secondary N) is 1. The minimum atomic E-state index is -0.561. The Balaban J connectivity index is 1.33. The molecule has 0 amide bonds. The molecule has 6 aromatic rings. The molecule has 2 atom stereocenters. The zero-order chi connectivity index (χ0) is 35.9. The molecule has 7 rings (SSSR count). The van der Waals surface area contributed by atoms with Crippen molar-refractivity contribution in [1.29, 1.82) is 0 Å². The van der Waals surface area contributed by atoms with Crippen LogP contribution in [0.3, 0.4) is 0 Å². The molecule has 264 valence electrons. The van der Waals surface area contributed by atoms with E-state index in [9.17, 15) is 4.79 Å². The number of halogens is 1. The Kier molecular flexibility index (Phi) is 8.94. The predicted octanol–water partition coefficient (Wildman–Crippen LogP) is 7.44. The largest absolute Gasteiger partial charge is 0.469 e. The van der Waals surface area contributed by atoms with Crippen LogP contribution >= 0.6 is 0 Å². The summed E-state index contributed by atoms with van der Waals surface area (Å²) >= 11 is 0. The van der Waals surface area contributed by atoms with Crippen LogP contribution in [-0.4, -0.2) is 52.8 Å². The molecule has 0 radical (unpaired) electrons. The Labute approximate surface area is 296 Å². The van der Waals surface area contributed by atoms with Crippen molar-refractivity contribution in [2.45, 2.75) is 77.2 Å². The number of pyridine rings is 1. The van der Waals surface area contributed by atoms with Gasteiger partial charge < -0.3 is 14.5 Å². The number of benzene rings is 2. The van der Waals surface area contributed by atoms with Crippen molar-refractivity contribution >= 4 is 16.9 Å². The monoisotopic (exact) mass is 690 g/mol. The molecule has 0 fully saturated rings. The Morgan fingerprint density at radius 1 is 1.12 bits per heavy atom. The van der Waals surface area contributed by atoms with Crippen molar-refractivity contribution in [3.8, 4) is 23.0 Å². The summed E-state index contributed by atoms with van der Waals surface area (Å²) in [5, 5.41) is 14.9. The fourth-order valence-corrected chi connectivity index (χ4v) is 7.13. The Hall–Kier alpha value is -5.39. The zero-order valence-electron chi connectivity index (χ0n) is 29.9. The molecule has 0 spiro atoms. The molecule has 5 heterocycles. The quantitative estimate of drug-likeness (QED) is 0.189. The molecule has 0 saturated heterocycles. The number of aryl methyl sites for hydroxylation is 1. The molecule has 11 nitrogen and oxygen atoms in total. The highest BCUT2D eigenvalue weighted by Gasteiger charge is 2.35. The van der Waals surface area contributed by atoms with Gasteiger partial charge >= 0.3 is 5.97 Å². The van der Waals surface area contributed by atoms with Crippen molar-refractivity contribution < 1.29 is 18.7 Å². The van der Waals surface area contributed by atoms with Gasteiger partial charge in [0.2, 0.25) is 0 Å². The summed E-state index contributed by atoms with van der Waals surface area (Å²) in [6.45, 7) is 8.70. The summed E-state index contributed by atoms with van der Waals surface area (Å²) in [5.74, 6) is 0.742. The van der Waals surface area contributed by atoms with Gasteiger partial charge in [-0.25, -0.2) is 18.7 Å². The molecule has 51 heavy (non-hydrogen) atoms. The molecule has 0 unspecified atom stereocenters. The first-order valence-electron chi connectivity index (χ1n) is 17.4. The van der Waals surface area contributed by atoms with E-state index in [1.54, 1.807) is 33.9 Å². The molecule has 1 aliphatic heterocycles. The SMILES string of the molecule is COC(=O)[C@@H](C)Cc1cccc([C@@]2(C)CCCCC(C)(C)c3cn(nn3)Cc3c(c(F)cc4[nH]ccc34)Oc3ccnc(c3)-c3nc2nn3C)c1. The summed E-state index contributed by atoms with van der Waals surface area (Å²) in [6, 6.07) is 15.2. The van der Waals surface area contributed by atoms with Gasteiger partial charge in [0, 0.05) is 59.7 Å². The Morgan fingerprint density at radius 3 is 2.76 bits per heavy atom. The van der Waals surface area contributed by atoms with E-state index in [-0.39, 0.29) is 29.6 Å². The Morgan fingerprint density at radius 2 is 1.94 bits per heavy atom. The van der Waals surface area contributed by atoms with Crippen molar-refractivity contribution in [2.75, 3.05) is 7.11 Å². The Bertz CT molecular complexity index is 2220. The molecule has 4 aromatic heterocycles. The number of aromatic nitrogens is 8. The van der Waals surface area contributed by atoms with Crippen LogP contribution in [0.2, 0.25) is 0 Å². The number of esters is 1. The molecular formula is C39H43FN8O3. The van der Waals surface area contributed by atoms with Crippen molar-refractivity contribution in [3.05, 3.63) is 101 Å². The normalized spacial score (nSPS) is 18.2. The smallest absolute Gasteiger partial charge is 0.308 e. The molecule has 2 aromatic carbocycles. The van der Waals surface area contributed by atoms with Crippen LogP contribution in [0, 0.1) is 11.7 Å². The lowest BCUT2D eigenvalue weighted by Gasteiger charge is -2.29. The lowest BCUT2D eigenvalue weighted by Crippen LogP contribution is -2.26. The van der Waals surface area contributed by atoms with E-state index in [0.717, 1.165) is 47.9 Å². The van der Waals surface area contributed by atoms with Gasteiger partial charge in [0.15, 0.2) is 23.2 Å². The number of aromatic amines is 1. The maximum Gasteiger partial charge on any atom is 0.308 e. The maximum atomic E-state index is 15.8. The summed E-state index contributed by atoms with van der Waals surface area (Å²) in [5.41, 5.74) is 4.02. The van der Waals surface area contributed by atoms with Gasteiger partial charge in [-0.1, -0.05) is 63.1 Å². The molecule has 1 N–H and O–H groups in total. The third-order valence-corrected chi connectivity index (χ3v) is 10.3. The predicted molar refractivity (Wildman–Crippen MR) is 191 cm³/mol. The van der Waals surface area contributed by atoms with Gasteiger partial charge in [0.05, 0.1) is 30.7 Å². The standard InChI is InChI=1S/C39H43FN8O3/c1-24(36(49)50-6)18-25-10-9-11-26(19-25)39(4)15-8-7-14-38(2,3)33-23-48(46-44-33)22-29-28-13-17-41-31(28)21-30(40)34(29)51-27-12-16-42-32(20-27)35-43-37(39)45-47(35)5/h9-13,16-17,19-21,23-24,41H,7-8,14-15,18,22H2,1-6H3/t24-,39+/m0/s1. The number of H-pyrrole nitrogens is 1. The minimum absolute atomic E-state index is 0.112. The highest BCUT2D eigenvalue weighted by molar-refractivity contribution is 5.85. The van der Waals surface area contributed by atoms with Gasteiger partial charge in [-0.3, -0.25) is 9.78 Å². The molecule has 1 aliphatic rings. The first kappa shape index (κ1) is 34.1. The van der Waals surface area contributed by atoms with E-state index >= 15 is 4.39 Å². The van der Waals surface area contributed by atoms with Gasteiger partial charge in [-0.05, 0) is 49.4 Å². The third-order valence-electron chi connectivity index (χ3n) is 10.3. The second kappa shape index (κ2) is 13.4. The lowest BCUT2D eigenvalue weighted by atomic mass is 9.75. The molecule has 6 bridgehead atoms. The van der Waals surface area contributed by atoms with Crippen molar-refractivity contribution in [3.63, 3.8) is 0 Å². The average Bonchev–Trinajstić information content (AvgIpc) is 3.88. The van der Waals surface area contributed by atoms with Crippen molar-refractivity contribution in [2.24, 2.45) is 13.0 Å². The van der Waals surface area contributed by atoms with E-state index in [2.05, 4.69) is 53.2 Å². The summed E-state index contributed by atoms with van der Waals surface area (Å²) in [4.78, 5) is 25.1. The van der Waals surface area contributed by atoms with E-state index in [1.165, 1.54) is 13.2 Å². The number of carbonyl (C=O) groups is 1. The number of ether oxygens (including phenoxy) is 2. The first-order valence-corrected chi connectivity index (χ1v) is 17.4. The fraction of sp³-hybridized carbons (Fsp3) is 0.385. The zero-order valence-corrected chi connectivity index (χ0v) is 29.9. The van der Waals surface area contributed by atoms with Crippen LogP contribution in [0.1, 0.15) is 81.6 Å². The van der Waals surface area contributed by atoms with E-state index in [1.807, 2.05) is 38.4 Å². The van der Waals surface area contributed by atoms with E-state index in [0.29, 0.717) is 40.6 Å². The van der Waals surface area contributed by atoms with Crippen molar-refractivity contribution in [1.82, 2.24) is 39.7 Å². The number of hydrogen-bond acceptors (Lipinski definition) is 8. The number of rotatable bonds is 4. The molecule has 0 saturated carbocycles. The minimum Gasteiger partial charge on any atom is -0.469 e. The number of carbonyl (C=O) groups excluding carboxylic acids is 1. The van der Waals surface area contributed by atoms with E-state index < -0.39 is 11.2 Å². The maximum absolute atomic E-state index is 15.8. The second-order valence-electron chi connectivity index (χ2n) is 14.5. The van der Waals surface area contributed by atoms with Crippen LogP contribution in [0.15, 0.2) is 67.1 Å².